The molecule has 1 aliphatic carbocycles. The van der Waals surface area contributed by atoms with Crippen molar-refractivity contribution in [2.24, 2.45) is 0 Å². The van der Waals surface area contributed by atoms with Crippen LogP contribution in [-0.4, -0.2) is 30.2 Å². The second-order valence-electron chi connectivity index (χ2n) is 4.56. The Kier molecular flexibility index (Phi) is 0.893. The molecule has 2 heterocycles. The van der Waals surface area contributed by atoms with Gasteiger partial charge in [0.25, 0.3) is 0 Å². The van der Waals surface area contributed by atoms with Gasteiger partial charge in [-0.25, -0.2) is 0 Å². The normalized spacial score (nSPS) is 65.9. The second-order valence-corrected chi connectivity index (χ2v) is 7.78. The van der Waals surface area contributed by atoms with E-state index in [-0.39, 0.29) is 11.2 Å². The molecule has 3 aliphatic rings. The molecule has 0 spiro atoms. The Balaban J connectivity index is 2.03. The number of ether oxygens (including phenoxy) is 1. The van der Waals surface area contributed by atoms with Crippen molar-refractivity contribution in [2.75, 3.05) is 19.0 Å². The van der Waals surface area contributed by atoms with Gasteiger partial charge in [0.1, 0.15) is 11.2 Å². The van der Waals surface area contributed by atoms with E-state index in [4.69, 9.17) is 4.74 Å². The molecule has 0 bridgehead atoms. The minimum absolute atomic E-state index is 0.122. The molecule has 0 N–H and O–H groups in total. The van der Waals surface area contributed by atoms with Crippen LogP contribution in [0.5, 0.6) is 0 Å². The Morgan fingerprint density at radius 2 is 1.82 bits per heavy atom. The van der Waals surface area contributed by atoms with E-state index in [1.165, 1.54) is 19.3 Å². The molecule has 1 saturated carbocycles. The first-order valence-corrected chi connectivity index (χ1v) is 6.86. The Morgan fingerprint density at radius 3 is 2.36 bits per heavy atom. The zero-order valence-corrected chi connectivity index (χ0v) is 7.69. The zero-order chi connectivity index (χ0) is 7.74. The van der Waals surface area contributed by atoms with Crippen LogP contribution in [0.25, 0.3) is 0 Å². The average molecular weight is 172 g/mol. The van der Waals surface area contributed by atoms with Crippen LogP contribution in [0.1, 0.15) is 19.3 Å². The van der Waals surface area contributed by atoms with E-state index in [0.717, 1.165) is 12.3 Å². The van der Waals surface area contributed by atoms with Crippen molar-refractivity contribution in [3.63, 3.8) is 0 Å². The summed E-state index contributed by atoms with van der Waals surface area (Å²) in [5.74, 6) is 0. The van der Waals surface area contributed by atoms with E-state index in [0.29, 0.717) is 0 Å². The van der Waals surface area contributed by atoms with Gasteiger partial charge in [0, 0.05) is 12.3 Å². The molecular weight excluding hydrogens is 159 g/mol. The standard InChI is InChI=1S/C8H13O2P/c1-11(9)5-7-3-2-4-8(7,6-11)10-7/h2-6H2,1H3/t7-,8+,11?. The van der Waals surface area contributed by atoms with Gasteiger partial charge in [-0.15, -0.1) is 0 Å². The van der Waals surface area contributed by atoms with Crippen molar-refractivity contribution in [1.82, 2.24) is 0 Å². The molecule has 2 aliphatic heterocycles. The van der Waals surface area contributed by atoms with Gasteiger partial charge in [-0.05, 0) is 25.9 Å². The van der Waals surface area contributed by atoms with Crippen LogP contribution in [0.15, 0.2) is 0 Å². The number of hydrogen-bond donors (Lipinski definition) is 0. The SMILES string of the molecule is CP1(=O)C[C@]23CCC[C@@]2(C1)O3. The summed E-state index contributed by atoms with van der Waals surface area (Å²) >= 11 is 0. The zero-order valence-electron chi connectivity index (χ0n) is 6.80. The van der Waals surface area contributed by atoms with Crippen LogP contribution in [-0.2, 0) is 9.30 Å². The predicted octanol–water partition coefficient (Wildman–Crippen LogP) is 1.68. The summed E-state index contributed by atoms with van der Waals surface area (Å²) in [4.78, 5) is 0. The van der Waals surface area contributed by atoms with Gasteiger partial charge < -0.3 is 9.30 Å². The smallest absolute Gasteiger partial charge is 0.105 e. The van der Waals surface area contributed by atoms with E-state index in [2.05, 4.69) is 0 Å². The number of rotatable bonds is 0. The minimum Gasteiger partial charge on any atom is -0.362 e. The van der Waals surface area contributed by atoms with Crippen molar-refractivity contribution in [3.05, 3.63) is 0 Å². The average Bonchev–Trinajstić information content (AvgIpc) is 2.14. The molecule has 0 amide bonds. The van der Waals surface area contributed by atoms with Gasteiger partial charge in [-0.2, -0.15) is 0 Å². The van der Waals surface area contributed by atoms with Crippen LogP contribution in [0.2, 0.25) is 0 Å². The molecule has 3 rings (SSSR count). The van der Waals surface area contributed by atoms with Crippen LogP contribution >= 0.6 is 7.14 Å². The first-order chi connectivity index (χ1) is 5.08. The third-order valence-corrected chi connectivity index (χ3v) is 5.88. The largest absolute Gasteiger partial charge is 0.362 e. The second kappa shape index (κ2) is 1.47. The van der Waals surface area contributed by atoms with Crippen LogP contribution < -0.4 is 0 Å². The maximum atomic E-state index is 11.8. The van der Waals surface area contributed by atoms with Crippen LogP contribution in [0.3, 0.4) is 0 Å². The van der Waals surface area contributed by atoms with Gasteiger partial charge >= 0.3 is 0 Å². The summed E-state index contributed by atoms with van der Waals surface area (Å²) in [6.07, 6.45) is 5.38. The van der Waals surface area contributed by atoms with Crippen molar-refractivity contribution in [2.45, 2.75) is 30.5 Å². The van der Waals surface area contributed by atoms with E-state index < -0.39 is 7.14 Å². The molecule has 2 saturated heterocycles. The maximum Gasteiger partial charge on any atom is 0.105 e. The lowest BCUT2D eigenvalue weighted by Crippen LogP contribution is -2.15. The van der Waals surface area contributed by atoms with Crippen molar-refractivity contribution in [1.29, 1.82) is 0 Å². The fourth-order valence-corrected chi connectivity index (χ4v) is 6.51. The summed E-state index contributed by atoms with van der Waals surface area (Å²) in [7, 11) is -1.77. The molecular formula is C8H13O2P. The lowest BCUT2D eigenvalue weighted by molar-refractivity contribution is 0.226. The quantitative estimate of drug-likeness (QED) is 0.411. The lowest BCUT2D eigenvalue weighted by atomic mass is 10.0. The summed E-state index contributed by atoms with van der Waals surface area (Å²) in [5.41, 5.74) is 0.245. The highest BCUT2D eigenvalue weighted by Crippen LogP contribution is 2.74. The molecule has 0 aromatic heterocycles. The topological polar surface area (TPSA) is 29.6 Å². The highest BCUT2D eigenvalue weighted by molar-refractivity contribution is 7.63. The highest BCUT2D eigenvalue weighted by Gasteiger charge is 2.78. The third kappa shape index (κ3) is 0.620. The molecule has 3 heteroatoms. The fourth-order valence-electron chi connectivity index (χ4n) is 3.21. The summed E-state index contributed by atoms with van der Waals surface area (Å²) < 4.78 is 17.5. The monoisotopic (exact) mass is 172 g/mol. The van der Waals surface area contributed by atoms with Crippen molar-refractivity contribution in [3.8, 4) is 0 Å². The van der Waals surface area contributed by atoms with E-state index >= 15 is 0 Å². The van der Waals surface area contributed by atoms with Crippen LogP contribution in [0.4, 0.5) is 0 Å². The Bertz CT molecular complexity index is 245. The van der Waals surface area contributed by atoms with Gasteiger partial charge in [-0.1, -0.05) is 0 Å². The van der Waals surface area contributed by atoms with Crippen LogP contribution in [0, 0.1) is 0 Å². The minimum atomic E-state index is -1.77. The number of epoxide rings is 1. The highest BCUT2D eigenvalue weighted by atomic mass is 31.2. The Labute approximate surface area is 66.7 Å². The molecule has 62 valence electrons. The maximum absolute atomic E-state index is 11.8. The molecule has 3 fully saturated rings. The summed E-state index contributed by atoms with van der Waals surface area (Å²) in [6.45, 7) is 1.94. The molecule has 0 radical (unpaired) electrons. The fraction of sp³-hybridized carbons (Fsp3) is 1.00. The first kappa shape index (κ1) is 6.68. The first-order valence-electron chi connectivity index (χ1n) is 4.33. The van der Waals surface area contributed by atoms with Gasteiger partial charge in [0.05, 0.1) is 7.14 Å². The molecule has 1 unspecified atom stereocenters. The lowest BCUT2D eigenvalue weighted by Gasteiger charge is -2.13. The van der Waals surface area contributed by atoms with Crippen molar-refractivity contribution >= 4 is 7.14 Å². The van der Waals surface area contributed by atoms with Gasteiger partial charge in [0.15, 0.2) is 0 Å². The van der Waals surface area contributed by atoms with E-state index in [1.807, 2.05) is 6.66 Å². The van der Waals surface area contributed by atoms with Gasteiger partial charge in [0.2, 0.25) is 0 Å². The Hall–Kier alpha value is 0.190. The number of hydrogen-bond acceptors (Lipinski definition) is 2. The Morgan fingerprint density at radius 1 is 1.27 bits per heavy atom. The molecule has 2 nitrogen and oxygen atoms in total. The summed E-state index contributed by atoms with van der Waals surface area (Å²) in [5, 5.41) is 0. The van der Waals surface area contributed by atoms with E-state index in [1.54, 1.807) is 0 Å². The molecule has 11 heavy (non-hydrogen) atoms. The molecule has 0 aromatic rings. The predicted molar refractivity (Wildman–Crippen MR) is 43.7 cm³/mol. The van der Waals surface area contributed by atoms with Gasteiger partial charge in [-0.3, -0.25) is 0 Å². The van der Waals surface area contributed by atoms with Crippen molar-refractivity contribution < 1.29 is 9.30 Å². The van der Waals surface area contributed by atoms with E-state index in [9.17, 15) is 4.57 Å². The molecule has 0 aromatic carbocycles. The molecule has 3 atom stereocenters. The third-order valence-electron chi connectivity index (χ3n) is 3.52. The summed E-state index contributed by atoms with van der Waals surface area (Å²) in [6, 6.07) is 0.